The van der Waals surface area contributed by atoms with E-state index in [0.29, 0.717) is 12.6 Å². The van der Waals surface area contributed by atoms with Crippen molar-refractivity contribution in [1.29, 1.82) is 0 Å². The molecule has 0 aliphatic carbocycles. The van der Waals surface area contributed by atoms with Gasteiger partial charge in [0.15, 0.2) is 0 Å². The topological polar surface area (TPSA) is 58.4 Å². The molecule has 20 heavy (non-hydrogen) atoms. The van der Waals surface area contributed by atoms with Gasteiger partial charge in [-0.25, -0.2) is 4.79 Å². The fourth-order valence-corrected chi connectivity index (χ4v) is 2.87. The van der Waals surface area contributed by atoms with Crippen LogP contribution >= 0.6 is 0 Å². The van der Waals surface area contributed by atoms with Crippen molar-refractivity contribution in [2.45, 2.75) is 51.6 Å². The predicted octanol–water partition coefficient (Wildman–Crippen LogP) is 3.33. The van der Waals surface area contributed by atoms with Gasteiger partial charge in [0.05, 0.1) is 0 Å². The molecule has 1 aliphatic heterocycles. The molecular weight excluding hydrogens is 250 g/mol. The fraction of sp³-hybridized carbons (Fsp3) is 0.562. The average molecular weight is 275 g/mol. The van der Waals surface area contributed by atoms with Crippen molar-refractivity contribution >= 4 is 11.7 Å². The van der Waals surface area contributed by atoms with Crippen molar-refractivity contribution in [3.63, 3.8) is 0 Å². The molecule has 4 nitrogen and oxygen atoms in total. The third-order valence-electron chi connectivity index (χ3n) is 3.92. The van der Waals surface area contributed by atoms with Gasteiger partial charge in [0.25, 0.3) is 0 Å². The smallest absolute Gasteiger partial charge is 0.322 e. The van der Waals surface area contributed by atoms with E-state index in [1.807, 2.05) is 29.2 Å². The minimum Gasteiger partial charge on any atom is -0.326 e. The van der Waals surface area contributed by atoms with Gasteiger partial charge in [-0.2, -0.15) is 0 Å². The van der Waals surface area contributed by atoms with E-state index in [2.05, 4.69) is 12.2 Å². The van der Waals surface area contributed by atoms with Gasteiger partial charge in [-0.3, -0.25) is 0 Å². The normalized spacial score (nSPS) is 18.9. The second-order valence-corrected chi connectivity index (χ2v) is 5.47. The summed E-state index contributed by atoms with van der Waals surface area (Å²) >= 11 is 0. The summed E-state index contributed by atoms with van der Waals surface area (Å²) in [6.07, 6.45) is 5.69. The summed E-state index contributed by atoms with van der Waals surface area (Å²) in [6, 6.07) is 8.17. The van der Waals surface area contributed by atoms with Crippen molar-refractivity contribution in [2.24, 2.45) is 5.73 Å². The fourth-order valence-electron chi connectivity index (χ4n) is 2.87. The van der Waals surface area contributed by atoms with E-state index in [1.54, 1.807) is 0 Å². The van der Waals surface area contributed by atoms with E-state index in [9.17, 15) is 4.79 Å². The lowest BCUT2D eigenvalue weighted by Gasteiger charge is -2.35. The number of carbonyl (C=O) groups is 1. The van der Waals surface area contributed by atoms with E-state index in [0.717, 1.165) is 43.5 Å². The molecule has 1 atom stereocenters. The monoisotopic (exact) mass is 275 g/mol. The van der Waals surface area contributed by atoms with Gasteiger partial charge in [-0.15, -0.1) is 0 Å². The Morgan fingerprint density at radius 3 is 3.05 bits per heavy atom. The van der Waals surface area contributed by atoms with E-state index in [1.165, 1.54) is 6.42 Å². The van der Waals surface area contributed by atoms with Crippen LogP contribution in [0.2, 0.25) is 0 Å². The van der Waals surface area contributed by atoms with Crippen LogP contribution in [0, 0.1) is 0 Å². The molecule has 4 heteroatoms. The second kappa shape index (κ2) is 7.29. The number of nitrogens with two attached hydrogens (primary N) is 1. The molecule has 1 fully saturated rings. The Hall–Kier alpha value is -1.55. The number of nitrogens with zero attached hydrogens (tertiary/aromatic N) is 1. The van der Waals surface area contributed by atoms with Gasteiger partial charge in [0, 0.05) is 24.8 Å². The van der Waals surface area contributed by atoms with Crippen LogP contribution in [0.1, 0.15) is 44.6 Å². The zero-order valence-electron chi connectivity index (χ0n) is 12.3. The molecule has 1 aromatic rings. The molecule has 0 saturated carbocycles. The van der Waals surface area contributed by atoms with E-state index in [-0.39, 0.29) is 6.03 Å². The van der Waals surface area contributed by atoms with Gasteiger partial charge in [-0.05, 0) is 43.4 Å². The van der Waals surface area contributed by atoms with Crippen LogP contribution in [0.5, 0.6) is 0 Å². The summed E-state index contributed by atoms with van der Waals surface area (Å²) in [6.45, 7) is 3.54. The maximum absolute atomic E-state index is 12.4. The zero-order valence-corrected chi connectivity index (χ0v) is 12.3. The quantitative estimate of drug-likeness (QED) is 0.885. The Balaban J connectivity index is 2.01. The lowest BCUT2D eigenvalue weighted by molar-refractivity contribution is 0.157. The van der Waals surface area contributed by atoms with Crippen molar-refractivity contribution < 1.29 is 4.79 Å². The molecule has 2 rings (SSSR count). The highest BCUT2D eigenvalue weighted by atomic mass is 16.2. The Morgan fingerprint density at radius 1 is 1.45 bits per heavy atom. The van der Waals surface area contributed by atoms with Crippen LogP contribution in [-0.2, 0) is 6.54 Å². The first-order valence-corrected chi connectivity index (χ1v) is 7.61. The van der Waals surface area contributed by atoms with E-state index < -0.39 is 0 Å². The lowest BCUT2D eigenvalue weighted by Crippen LogP contribution is -2.45. The first-order valence-electron chi connectivity index (χ1n) is 7.61. The maximum atomic E-state index is 12.4. The summed E-state index contributed by atoms with van der Waals surface area (Å²) in [7, 11) is 0. The van der Waals surface area contributed by atoms with Crippen LogP contribution in [0.15, 0.2) is 24.3 Å². The standard InChI is InChI=1S/C16H25N3O/c1-2-6-15-9-3-4-10-19(15)16(20)18-14-8-5-7-13(11-14)12-17/h5,7-8,11,15H,2-4,6,9-10,12,17H2,1H3,(H,18,20). The summed E-state index contributed by atoms with van der Waals surface area (Å²) in [4.78, 5) is 14.4. The Labute approximate surface area is 121 Å². The highest BCUT2D eigenvalue weighted by Gasteiger charge is 2.25. The number of anilines is 1. The van der Waals surface area contributed by atoms with Crippen LogP contribution < -0.4 is 11.1 Å². The summed E-state index contributed by atoms with van der Waals surface area (Å²) in [5.74, 6) is 0. The summed E-state index contributed by atoms with van der Waals surface area (Å²) < 4.78 is 0. The minimum absolute atomic E-state index is 0.0253. The maximum Gasteiger partial charge on any atom is 0.322 e. The molecule has 110 valence electrons. The van der Waals surface area contributed by atoms with Crippen LogP contribution in [0.4, 0.5) is 10.5 Å². The Bertz CT molecular complexity index is 445. The largest absolute Gasteiger partial charge is 0.326 e. The number of urea groups is 1. The molecule has 1 heterocycles. The van der Waals surface area contributed by atoms with Crippen LogP contribution in [-0.4, -0.2) is 23.5 Å². The van der Waals surface area contributed by atoms with E-state index >= 15 is 0 Å². The second-order valence-electron chi connectivity index (χ2n) is 5.47. The molecule has 0 spiro atoms. The molecule has 0 bridgehead atoms. The minimum atomic E-state index is 0.0253. The molecular formula is C16H25N3O. The number of piperidine rings is 1. The first-order chi connectivity index (χ1) is 9.74. The third-order valence-corrected chi connectivity index (χ3v) is 3.92. The van der Waals surface area contributed by atoms with Gasteiger partial charge in [-0.1, -0.05) is 25.5 Å². The van der Waals surface area contributed by atoms with Crippen molar-refractivity contribution in [2.75, 3.05) is 11.9 Å². The first kappa shape index (κ1) is 14.9. The van der Waals surface area contributed by atoms with Crippen molar-refractivity contribution in [3.05, 3.63) is 29.8 Å². The number of hydrogen-bond donors (Lipinski definition) is 2. The summed E-state index contributed by atoms with van der Waals surface area (Å²) in [5.41, 5.74) is 7.50. The summed E-state index contributed by atoms with van der Waals surface area (Å²) in [5, 5.41) is 3.01. The average Bonchev–Trinajstić information content (AvgIpc) is 2.48. The number of amides is 2. The SMILES string of the molecule is CCCC1CCCCN1C(=O)Nc1cccc(CN)c1. The number of carbonyl (C=O) groups excluding carboxylic acids is 1. The van der Waals surface area contributed by atoms with Crippen molar-refractivity contribution in [3.8, 4) is 0 Å². The molecule has 1 saturated heterocycles. The predicted molar refractivity (Wildman–Crippen MR) is 82.6 cm³/mol. The Kier molecular flexibility index (Phi) is 5.41. The van der Waals surface area contributed by atoms with Gasteiger partial charge in [0.2, 0.25) is 0 Å². The van der Waals surface area contributed by atoms with Gasteiger partial charge in [0.1, 0.15) is 0 Å². The lowest BCUT2D eigenvalue weighted by atomic mass is 9.99. The molecule has 1 aliphatic rings. The van der Waals surface area contributed by atoms with Gasteiger partial charge >= 0.3 is 6.03 Å². The zero-order chi connectivity index (χ0) is 14.4. The number of nitrogens with one attached hydrogen (secondary N) is 1. The van der Waals surface area contributed by atoms with Crippen LogP contribution in [0.25, 0.3) is 0 Å². The molecule has 1 aromatic carbocycles. The highest BCUT2D eigenvalue weighted by Crippen LogP contribution is 2.22. The number of rotatable bonds is 4. The molecule has 1 unspecified atom stereocenters. The number of benzene rings is 1. The number of likely N-dealkylation sites (tertiary alicyclic amines) is 1. The number of hydrogen-bond acceptors (Lipinski definition) is 2. The molecule has 3 N–H and O–H groups in total. The van der Waals surface area contributed by atoms with Crippen molar-refractivity contribution in [1.82, 2.24) is 4.90 Å². The Morgan fingerprint density at radius 2 is 2.30 bits per heavy atom. The van der Waals surface area contributed by atoms with Gasteiger partial charge < -0.3 is 16.0 Å². The molecule has 0 radical (unpaired) electrons. The van der Waals surface area contributed by atoms with E-state index in [4.69, 9.17) is 5.73 Å². The third kappa shape index (κ3) is 3.73. The highest BCUT2D eigenvalue weighted by molar-refractivity contribution is 5.89. The van der Waals surface area contributed by atoms with Crippen LogP contribution in [0.3, 0.4) is 0 Å². The molecule has 2 amide bonds. The molecule has 0 aromatic heterocycles.